The number of piperidine rings is 1. The van der Waals surface area contributed by atoms with Crippen molar-refractivity contribution in [1.82, 2.24) is 30.4 Å². The van der Waals surface area contributed by atoms with E-state index < -0.39 is 11.7 Å². The first-order valence-corrected chi connectivity index (χ1v) is 11.5. The van der Waals surface area contributed by atoms with Crippen LogP contribution in [0.1, 0.15) is 34.8 Å². The minimum Gasteiger partial charge on any atom is -0.494 e. The van der Waals surface area contributed by atoms with Crippen LogP contribution in [-0.2, 0) is 6.54 Å². The number of rotatable bonds is 6. The lowest BCUT2D eigenvalue weighted by Crippen LogP contribution is -2.32. The lowest BCUT2D eigenvalue weighted by atomic mass is 10.1. The van der Waals surface area contributed by atoms with E-state index in [1.54, 1.807) is 6.07 Å². The number of hydrogen-bond acceptors (Lipinski definition) is 7. The molecule has 35 heavy (non-hydrogen) atoms. The van der Waals surface area contributed by atoms with E-state index in [1.807, 2.05) is 28.9 Å². The molecule has 1 saturated heterocycles. The van der Waals surface area contributed by atoms with Crippen molar-refractivity contribution in [3.8, 4) is 17.0 Å². The predicted octanol–water partition coefficient (Wildman–Crippen LogP) is 3.08. The SMILES string of the molecule is COc1cccc(C(=O)NCc2ccc(-c3nn([C@@H]4CCCNC4)c4ncnc(N)c34)cc2)c1F. The number of nitrogens with zero attached hydrogens (tertiary/aromatic N) is 4. The summed E-state index contributed by atoms with van der Waals surface area (Å²) >= 11 is 0. The molecule has 0 unspecified atom stereocenters. The van der Waals surface area contributed by atoms with E-state index in [4.69, 9.17) is 15.6 Å². The molecule has 180 valence electrons. The number of nitrogens with one attached hydrogen (secondary N) is 2. The maximum atomic E-state index is 14.4. The van der Waals surface area contributed by atoms with Crippen LogP contribution in [0.25, 0.3) is 22.3 Å². The fraction of sp³-hybridized carbons (Fsp3) is 0.280. The quantitative estimate of drug-likeness (QED) is 0.392. The van der Waals surface area contributed by atoms with Crippen LogP contribution in [0, 0.1) is 5.82 Å². The van der Waals surface area contributed by atoms with E-state index in [-0.39, 0.29) is 23.9 Å². The highest BCUT2D eigenvalue weighted by Gasteiger charge is 2.23. The van der Waals surface area contributed by atoms with E-state index in [0.717, 1.165) is 53.8 Å². The van der Waals surface area contributed by atoms with Crippen LogP contribution in [-0.4, -0.2) is 45.9 Å². The van der Waals surface area contributed by atoms with Gasteiger partial charge in [-0.2, -0.15) is 5.10 Å². The topological polar surface area (TPSA) is 120 Å². The number of nitrogens with two attached hydrogens (primary N) is 1. The Kier molecular flexibility index (Phi) is 6.28. The van der Waals surface area contributed by atoms with Crippen molar-refractivity contribution < 1.29 is 13.9 Å². The van der Waals surface area contributed by atoms with E-state index >= 15 is 0 Å². The maximum Gasteiger partial charge on any atom is 0.254 e. The number of ether oxygens (including phenoxy) is 1. The third kappa shape index (κ3) is 4.40. The molecule has 1 atom stereocenters. The van der Waals surface area contributed by atoms with Crippen molar-refractivity contribution in [2.24, 2.45) is 0 Å². The Morgan fingerprint density at radius 3 is 2.83 bits per heavy atom. The lowest BCUT2D eigenvalue weighted by Gasteiger charge is -2.23. The van der Waals surface area contributed by atoms with Gasteiger partial charge in [0.2, 0.25) is 0 Å². The van der Waals surface area contributed by atoms with E-state index in [9.17, 15) is 9.18 Å². The van der Waals surface area contributed by atoms with E-state index in [0.29, 0.717) is 5.82 Å². The summed E-state index contributed by atoms with van der Waals surface area (Å²) in [5.74, 6) is -0.780. The molecule has 2 aromatic heterocycles. The molecular formula is C25H26FN7O2. The molecule has 5 rings (SSSR count). The number of methoxy groups -OCH3 is 1. The van der Waals surface area contributed by atoms with Crippen molar-refractivity contribution in [2.45, 2.75) is 25.4 Å². The molecule has 1 fully saturated rings. The summed E-state index contributed by atoms with van der Waals surface area (Å²) in [6.45, 7) is 2.07. The molecule has 0 bridgehead atoms. The number of anilines is 1. The molecule has 10 heteroatoms. The summed E-state index contributed by atoms with van der Waals surface area (Å²) in [6.07, 6.45) is 3.55. The van der Waals surface area contributed by atoms with Gasteiger partial charge in [-0.1, -0.05) is 30.3 Å². The predicted molar refractivity (Wildman–Crippen MR) is 130 cm³/mol. The average molecular weight is 476 g/mol. The smallest absolute Gasteiger partial charge is 0.254 e. The summed E-state index contributed by atoms with van der Waals surface area (Å²) in [6, 6.07) is 12.3. The van der Waals surface area contributed by atoms with Crippen LogP contribution in [0.3, 0.4) is 0 Å². The van der Waals surface area contributed by atoms with E-state index in [1.165, 1.54) is 25.6 Å². The molecule has 0 radical (unpaired) electrons. The van der Waals surface area contributed by atoms with Crippen molar-refractivity contribution in [3.05, 3.63) is 65.7 Å². The van der Waals surface area contributed by atoms with Crippen LogP contribution in [0.5, 0.6) is 5.75 Å². The third-order valence-electron chi connectivity index (χ3n) is 6.24. The van der Waals surface area contributed by atoms with Gasteiger partial charge in [0.25, 0.3) is 5.91 Å². The van der Waals surface area contributed by atoms with Crippen LogP contribution >= 0.6 is 0 Å². The van der Waals surface area contributed by atoms with Crippen molar-refractivity contribution in [2.75, 3.05) is 25.9 Å². The number of aromatic nitrogens is 4. The number of fused-ring (bicyclic) bond motifs is 1. The first-order valence-electron chi connectivity index (χ1n) is 11.5. The molecule has 0 spiro atoms. The number of nitrogen functional groups attached to an aromatic ring is 1. The molecule has 3 heterocycles. The zero-order valence-electron chi connectivity index (χ0n) is 19.3. The van der Waals surface area contributed by atoms with Gasteiger partial charge in [0.1, 0.15) is 17.8 Å². The normalized spacial score (nSPS) is 15.8. The summed E-state index contributed by atoms with van der Waals surface area (Å²) in [7, 11) is 1.36. The molecule has 9 nitrogen and oxygen atoms in total. The van der Waals surface area contributed by atoms with Gasteiger partial charge in [-0.25, -0.2) is 19.0 Å². The zero-order chi connectivity index (χ0) is 24.4. The minimum atomic E-state index is -0.682. The molecule has 4 aromatic rings. The second-order valence-electron chi connectivity index (χ2n) is 8.45. The molecule has 1 amide bonds. The van der Waals surface area contributed by atoms with Crippen molar-refractivity contribution in [3.63, 3.8) is 0 Å². The van der Waals surface area contributed by atoms with E-state index in [2.05, 4.69) is 20.6 Å². The third-order valence-corrected chi connectivity index (χ3v) is 6.24. The molecule has 1 aliphatic heterocycles. The second-order valence-corrected chi connectivity index (χ2v) is 8.45. The molecule has 0 saturated carbocycles. The van der Waals surface area contributed by atoms with Gasteiger partial charge < -0.3 is 21.1 Å². The second kappa shape index (κ2) is 9.67. The Labute approximate surface area is 201 Å². The molecule has 4 N–H and O–H groups in total. The number of hydrogen-bond donors (Lipinski definition) is 3. The van der Waals surface area contributed by atoms with Crippen molar-refractivity contribution in [1.29, 1.82) is 0 Å². The largest absolute Gasteiger partial charge is 0.494 e. The van der Waals surface area contributed by atoms with Crippen LogP contribution < -0.4 is 21.1 Å². The van der Waals surface area contributed by atoms with Gasteiger partial charge >= 0.3 is 0 Å². The summed E-state index contributed by atoms with van der Waals surface area (Å²) < 4.78 is 21.3. The lowest BCUT2D eigenvalue weighted by molar-refractivity contribution is 0.0946. The van der Waals surface area contributed by atoms with Gasteiger partial charge in [0.05, 0.1) is 24.1 Å². The average Bonchev–Trinajstić information content (AvgIpc) is 3.29. The highest BCUT2D eigenvalue weighted by atomic mass is 19.1. The minimum absolute atomic E-state index is 0.0286. The number of halogens is 1. The molecule has 1 aliphatic rings. The monoisotopic (exact) mass is 475 g/mol. The number of carbonyl (C=O) groups is 1. The van der Waals surface area contributed by atoms with Gasteiger partial charge in [-0.15, -0.1) is 0 Å². The zero-order valence-corrected chi connectivity index (χ0v) is 19.3. The number of amides is 1. The highest BCUT2D eigenvalue weighted by Crippen LogP contribution is 2.33. The summed E-state index contributed by atoms with van der Waals surface area (Å²) in [4.78, 5) is 21.1. The Morgan fingerprint density at radius 1 is 1.26 bits per heavy atom. The fourth-order valence-electron chi connectivity index (χ4n) is 4.40. The van der Waals surface area contributed by atoms with Crippen molar-refractivity contribution >= 4 is 22.8 Å². The van der Waals surface area contributed by atoms with Crippen LogP contribution in [0.4, 0.5) is 10.2 Å². The van der Waals surface area contributed by atoms with Crippen LogP contribution in [0.15, 0.2) is 48.8 Å². The number of benzene rings is 2. The van der Waals surface area contributed by atoms with Gasteiger partial charge in [0, 0.05) is 18.7 Å². The fourth-order valence-corrected chi connectivity index (χ4v) is 4.40. The Balaban J connectivity index is 1.37. The molecule has 2 aromatic carbocycles. The van der Waals surface area contributed by atoms with Gasteiger partial charge in [0.15, 0.2) is 17.2 Å². The molecular weight excluding hydrogens is 449 g/mol. The summed E-state index contributed by atoms with van der Waals surface area (Å²) in [5, 5.41) is 11.8. The molecule has 0 aliphatic carbocycles. The summed E-state index contributed by atoms with van der Waals surface area (Å²) in [5.41, 5.74) is 9.33. The van der Waals surface area contributed by atoms with Gasteiger partial charge in [-0.05, 0) is 37.1 Å². The van der Waals surface area contributed by atoms with Gasteiger partial charge in [-0.3, -0.25) is 4.79 Å². The standard InChI is InChI=1S/C25H26FN7O2/c1-35-19-6-2-5-18(21(19)26)25(34)29-12-15-7-9-16(10-8-15)22-20-23(27)30-14-31-24(20)33(32-22)17-4-3-11-28-13-17/h2,5-10,14,17,28H,3-4,11-13H2,1H3,(H,29,34)(H2,27,30,31)/t17-/m1/s1. The Bertz CT molecular complexity index is 1360. The Hall–Kier alpha value is -4.05. The first kappa shape index (κ1) is 22.7. The Morgan fingerprint density at radius 2 is 2.09 bits per heavy atom. The van der Waals surface area contributed by atoms with Crippen LogP contribution in [0.2, 0.25) is 0 Å². The highest BCUT2D eigenvalue weighted by molar-refractivity contribution is 5.98. The maximum absolute atomic E-state index is 14.4. The first-order chi connectivity index (χ1) is 17.1. The number of carbonyl (C=O) groups excluding carboxylic acids is 1.